The van der Waals surface area contributed by atoms with Crippen molar-refractivity contribution in [2.24, 2.45) is 5.41 Å². The molecule has 0 aromatic heterocycles. The van der Waals surface area contributed by atoms with Gasteiger partial charge in [-0.1, -0.05) is 20.8 Å². The van der Waals surface area contributed by atoms with Crippen molar-refractivity contribution in [1.29, 1.82) is 0 Å². The average Bonchev–Trinajstić information content (AvgIpc) is 2.86. The first-order valence-electron chi connectivity index (χ1n) is 7.67. The van der Waals surface area contributed by atoms with Gasteiger partial charge in [0.1, 0.15) is 0 Å². The highest BCUT2D eigenvalue weighted by Crippen LogP contribution is 2.21. The summed E-state index contributed by atoms with van der Waals surface area (Å²) in [4.78, 5) is 27.3. The van der Waals surface area contributed by atoms with E-state index in [2.05, 4.69) is 36.3 Å². The molecule has 1 saturated heterocycles. The van der Waals surface area contributed by atoms with E-state index in [9.17, 15) is 9.59 Å². The molecule has 2 N–H and O–H groups in total. The molecule has 0 radical (unpaired) electrons. The van der Waals surface area contributed by atoms with E-state index in [1.165, 1.54) is 17.7 Å². The third kappa shape index (κ3) is 6.33. The Kier molecular flexibility index (Phi) is 6.45. The molecule has 0 unspecified atom stereocenters. The number of likely N-dealkylation sites (tertiary alicyclic amines) is 1. The van der Waals surface area contributed by atoms with Crippen molar-refractivity contribution in [1.82, 2.24) is 20.4 Å². The van der Waals surface area contributed by atoms with Crippen LogP contribution in [0, 0.1) is 5.41 Å². The van der Waals surface area contributed by atoms with Crippen molar-refractivity contribution in [3.05, 3.63) is 0 Å². The van der Waals surface area contributed by atoms with Gasteiger partial charge < -0.3 is 20.4 Å². The van der Waals surface area contributed by atoms with Crippen molar-refractivity contribution in [2.45, 2.75) is 39.7 Å². The molecule has 1 fully saturated rings. The van der Waals surface area contributed by atoms with Crippen LogP contribution in [0.25, 0.3) is 0 Å². The van der Waals surface area contributed by atoms with Gasteiger partial charge in [0.2, 0.25) is 5.91 Å². The monoisotopic (exact) mass is 298 g/mol. The molecule has 0 bridgehead atoms. The van der Waals surface area contributed by atoms with Gasteiger partial charge in [0.05, 0.1) is 6.54 Å². The van der Waals surface area contributed by atoms with E-state index in [1.807, 2.05) is 0 Å². The minimum absolute atomic E-state index is 0.0101. The molecule has 6 nitrogen and oxygen atoms in total. The van der Waals surface area contributed by atoms with Crippen molar-refractivity contribution in [2.75, 3.05) is 40.3 Å². The van der Waals surface area contributed by atoms with Crippen molar-refractivity contribution >= 4 is 11.9 Å². The highest BCUT2D eigenvalue weighted by Gasteiger charge is 2.29. The lowest BCUT2D eigenvalue weighted by Crippen LogP contribution is -2.52. The number of nitrogens with zero attached hydrogens (tertiary/aromatic N) is 2. The quantitative estimate of drug-likeness (QED) is 0.792. The molecular weight excluding hydrogens is 268 g/mol. The van der Waals surface area contributed by atoms with E-state index < -0.39 is 0 Å². The van der Waals surface area contributed by atoms with Gasteiger partial charge in [-0.25, -0.2) is 4.79 Å². The number of carbonyl (C=O) groups excluding carboxylic acids is 2. The maximum atomic E-state index is 12.0. The van der Waals surface area contributed by atoms with Crippen LogP contribution in [0.5, 0.6) is 0 Å². The lowest BCUT2D eigenvalue weighted by Gasteiger charge is -2.34. The first-order valence-corrected chi connectivity index (χ1v) is 7.67. The van der Waals surface area contributed by atoms with Gasteiger partial charge in [-0.2, -0.15) is 0 Å². The summed E-state index contributed by atoms with van der Waals surface area (Å²) in [6.07, 6.45) is 2.48. The third-order valence-electron chi connectivity index (χ3n) is 3.83. The van der Waals surface area contributed by atoms with Gasteiger partial charge in [-0.05, 0) is 31.3 Å². The van der Waals surface area contributed by atoms with E-state index in [-0.39, 0.29) is 29.9 Å². The van der Waals surface area contributed by atoms with E-state index >= 15 is 0 Å². The van der Waals surface area contributed by atoms with E-state index in [1.54, 1.807) is 14.1 Å². The fraction of sp³-hybridized carbons (Fsp3) is 0.867. The number of carbonyl (C=O) groups is 2. The van der Waals surface area contributed by atoms with Crippen LogP contribution < -0.4 is 10.6 Å². The summed E-state index contributed by atoms with van der Waals surface area (Å²) in [5.41, 5.74) is -0.0101. The predicted molar refractivity (Wildman–Crippen MR) is 84.1 cm³/mol. The minimum Gasteiger partial charge on any atom is -0.350 e. The van der Waals surface area contributed by atoms with Gasteiger partial charge in [0.15, 0.2) is 0 Å². The average molecular weight is 298 g/mol. The molecule has 1 aliphatic rings. The molecule has 0 aromatic carbocycles. The van der Waals surface area contributed by atoms with Crippen LogP contribution in [0.4, 0.5) is 4.79 Å². The fourth-order valence-corrected chi connectivity index (χ4v) is 2.32. The van der Waals surface area contributed by atoms with Crippen LogP contribution in [-0.2, 0) is 4.79 Å². The highest BCUT2D eigenvalue weighted by atomic mass is 16.2. The lowest BCUT2D eigenvalue weighted by molar-refractivity contribution is -0.121. The molecule has 0 aromatic rings. The van der Waals surface area contributed by atoms with Crippen LogP contribution in [0.2, 0.25) is 0 Å². The normalized spacial score (nSPS) is 17.4. The third-order valence-corrected chi connectivity index (χ3v) is 3.83. The summed E-state index contributed by atoms with van der Waals surface area (Å²) in [5, 5.41) is 5.66. The number of nitrogens with one attached hydrogen (secondary N) is 2. The molecule has 3 amide bonds. The summed E-state index contributed by atoms with van der Waals surface area (Å²) in [7, 11) is 3.30. The number of amides is 3. The predicted octanol–water partition coefficient (Wildman–Crippen LogP) is 0.884. The summed E-state index contributed by atoms with van der Waals surface area (Å²) < 4.78 is 0. The first-order chi connectivity index (χ1) is 9.70. The number of rotatable bonds is 5. The van der Waals surface area contributed by atoms with Crippen molar-refractivity contribution in [3.63, 3.8) is 0 Å². The number of urea groups is 1. The Bertz CT molecular complexity index is 357. The first kappa shape index (κ1) is 17.8. The van der Waals surface area contributed by atoms with E-state index in [0.717, 1.165) is 19.6 Å². The summed E-state index contributed by atoms with van der Waals surface area (Å²) in [5.74, 6) is -0.135. The SMILES string of the molecule is CN(C)C(=O)NCC(=O)N[C@H](CN1CCCC1)C(C)(C)C. The Morgan fingerprint density at radius 1 is 1.19 bits per heavy atom. The van der Waals surface area contributed by atoms with Crippen LogP contribution >= 0.6 is 0 Å². The van der Waals surface area contributed by atoms with Crippen molar-refractivity contribution in [3.8, 4) is 0 Å². The van der Waals surface area contributed by atoms with Crippen molar-refractivity contribution < 1.29 is 9.59 Å². The zero-order chi connectivity index (χ0) is 16.0. The van der Waals surface area contributed by atoms with Crippen LogP contribution in [-0.4, -0.2) is 68.1 Å². The van der Waals surface area contributed by atoms with Gasteiger partial charge in [0, 0.05) is 26.7 Å². The Balaban J connectivity index is 2.48. The smallest absolute Gasteiger partial charge is 0.317 e. The number of hydrogen-bond acceptors (Lipinski definition) is 3. The Morgan fingerprint density at radius 3 is 2.24 bits per heavy atom. The standard InChI is InChI=1S/C15H30N4O2/c1-15(2,3)12(11-19-8-6-7-9-19)17-13(20)10-16-14(21)18(4)5/h12H,6-11H2,1-5H3,(H,16,21)(H,17,20)/t12-/m1/s1. The van der Waals surface area contributed by atoms with Gasteiger partial charge in [-0.15, -0.1) is 0 Å². The molecular formula is C15H30N4O2. The maximum absolute atomic E-state index is 12.0. The lowest BCUT2D eigenvalue weighted by atomic mass is 9.86. The Hall–Kier alpha value is -1.30. The second-order valence-electron chi connectivity index (χ2n) is 7.05. The second kappa shape index (κ2) is 7.64. The molecule has 0 spiro atoms. The molecule has 6 heteroatoms. The van der Waals surface area contributed by atoms with Crippen LogP contribution in [0.1, 0.15) is 33.6 Å². The molecule has 1 heterocycles. The summed E-state index contributed by atoms with van der Waals surface area (Å²) in [6.45, 7) is 9.51. The zero-order valence-corrected chi connectivity index (χ0v) is 14.0. The second-order valence-corrected chi connectivity index (χ2v) is 7.05. The molecule has 0 aliphatic carbocycles. The highest BCUT2D eigenvalue weighted by molar-refractivity contribution is 5.83. The molecule has 1 atom stereocenters. The molecule has 122 valence electrons. The fourth-order valence-electron chi connectivity index (χ4n) is 2.32. The molecule has 1 rings (SSSR count). The van der Waals surface area contributed by atoms with E-state index in [0.29, 0.717) is 0 Å². The summed E-state index contributed by atoms with van der Waals surface area (Å²) >= 11 is 0. The van der Waals surface area contributed by atoms with Crippen LogP contribution in [0.3, 0.4) is 0 Å². The largest absolute Gasteiger partial charge is 0.350 e. The molecule has 1 aliphatic heterocycles. The van der Waals surface area contributed by atoms with E-state index in [4.69, 9.17) is 0 Å². The van der Waals surface area contributed by atoms with Gasteiger partial charge >= 0.3 is 6.03 Å². The minimum atomic E-state index is -0.253. The van der Waals surface area contributed by atoms with Crippen LogP contribution in [0.15, 0.2) is 0 Å². The number of hydrogen-bond donors (Lipinski definition) is 2. The van der Waals surface area contributed by atoms with Gasteiger partial charge in [-0.3, -0.25) is 4.79 Å². The Morgan fingerprint density at radius 2 is 1.76 bits per heavy atom. The molecule has 21 heavy (non-hydrogen) atoms. The Labute approximate surface area is 128 Å². The zero-order valence-electron chi connectivity index (χ0n) is 14.0. The summed E-state index contributed by atoms with van der Waals surface area (Å²) in [6, 6.07) is -0.170. The van der Waals surface area contributed by atoms with Gasteiger partial charge in [0.25, 0.3) is 0 Å². The molecule has 0 saturated carbocycles. The maximum Gasteiger partial charge on any atom is 0.317 e. The topological polar surface area (TPSA) is 64.7 Å².